The Hall–Kier alpha value is -1.35. The molecule has 0 aliphatic carbocycles. The molecule has 0 saturated carbocycles. The predicted octanol–water partition coefficient (Wildman–Crippen LogP) is 2.26. The van der Waals surface area contributed by atoms with Gasteiger partial charge >= 0.3 is 0 Å². The summed E-state index contributed by atoms with van der Waals surface area (Å²) in [5.74, 6) is 0.426. The van der Waals surface area contributed by atoms with Gasteiger partial charge < -0.3 is 9.84 Å². The molecule has 1 aromatic rings. The molecule has 3 heteroatoms. The third-order valence-corrected chi connectivity index (χ3v) is 2.57. The van der Waals surface area contributed by atoms with Gasteiger partial charge in [0.05, 0.1) is 7.11 Å². The first-order chi connectivity index (χ1) is 7.47. The molecule has 0 radical (unpaired) electrons. The smallest absolute Gasteiger partial charge is 0.168 e. The molecule has 0 aromatic heterocycles. The summed E-state index contributed by atoms with van der Waals surface area (Å²) in [4.78, 5) is 11.6. The maximum absolute atomic E-state index is 11.6. The lowest BCUT2D eigenvalue weighted by atomic mass is 9.97. The molecule has 0 spiro atoms. The van der Waals surface area contributed by atoms with Crippen molar-refractivity contribution in [2.24, 2.45) is 5.92 Å². The standard InChI is InChI=1S/C13H18O3/c1-8(2)12(14)13(15)10-5-6-11(16-4)9(3)7-10/h5-8,13,15H,1-4H3. The number of ketones is 1. The molecular formula is C13H18O3. The molecule has 1 rings (SSSR count). The van der Waals surface area contributed by atoms with E-state index < -0.39 is 6.10 Å². The Morgan fingerprint density at radius 2 is 2.00 bits per heavy atom. The van der Waals surface area contributed by atoms with Crippen molar-refractivity contribution in [3.8, 4) is 5.75 Å². The quantitative estimate of drug-likeness (QED) is 0.850. The van der Waals surface area contributed by atoms with E-state index in [9.17, 15) is 9.90 Å². The number of methoxy groups -OCH3 is 1. The Kier molecular flexibility index (Phi) is 4.07. The molecule has 0 saturated heterocycles. The highest BCUT2D eigenvalue weighted by Crippen LogP contribution is 2.24. The number of benzene rings is 1. The van der Waals surface area contributed by atoms with Crippen LogP contribution in [0.2, 0.25) is 0 Å². The zero-order valence-corrected chi connectivity index (χ0v) is 10.2. The lowest BCUT2D eigenvalue weighted by molar-refractivity contribution is -0.130. The average Bonchev–Trinajstić information content (AvgIpc) is 2.26. The first-order valence-corrected chi connectivity index (χ1v) is 5.33. The van der Waals surface area contributed by atoms with E-state index in [0.717, 1.165) is 11.3 Å². The van der Waals surface area contributed by atoms with Gasteiger partial charge in [-0.2, -0.15) is 0 Å². The second-order valence-corrected chi connectivity index (χ2v) is 4.19. The number of aliphatic hydroxyl groups excluding tert-OH is 1. The summed E-state index contributed by atoms with van der Waals surface area (Å²) in [6.45, 7) is 5.44. The van der Waals surface area contributed by atoms with Crippen LogP contribution in [0.4, 0.5) is 0 Å². The molecule has 1 N–H and O–H groups in total. The van der Waals surface area contributed by atoms with Crippen molar-refractivity contribution in [2.75, 3.05) is 7.11 Å². The van der Waals surface area contributed by atoms with Crippen molar-refractivity contribution in [3.63, 3.8) is 0 Å². The number of hydrogen-bond acceptors (Lipinski definition) is 3. The molecule has 0 fully saturated rings. The van der Waals surface area contributed by atoms with Crippen LogP contribution in [0, 0.1) is 12.8 Å². The predicted molar refractivity (Wildman–Crippen MR) is 62.5 cm³/mol. The molecule has 0 bridgehead atoms. The van der Waals surface area contributed by atoms with E-state index in [-0.39, 0.29) is 11.7 Å². The van der Waals surface area contributed by atoms with Crippen LogP contribution in [0.5, 0.6) is 5.75 Å². The number of carbonyl (C=O) groups excluding carboxylic acids is 1. The molecule has 0 amide bonds. The molecule has 0 aliphatic rings. The Balaban J connectivity index is 2.97. The van der Waals surface area contributed by atoms with Gasteiger partial charge in [0.2, 0.25) is 0 Å². The van der Waals surface area contributed by atoms with Crippen LogP contribution in [-0.2, 0) is 4.79 Å². The van der Waals surface area contributed by atoms with Crippen molar-refractivity contribution in [3.05, 3.63) is 29.3 Å². The third-order valence-electron chi connectivity index (χ3n) is 2.57. The van der Waals surface area contributed by atoms with Gasteiger partial charge in [-0.15, -0.1) is 0 Å². The second-order valence-electron chi connectivity index (χ2n) is 4.19. The number of aryl methyl sites for hydroxylation is 1. The van der Waals surface area contributed by atoms with E-state index in [1.54, 1.807) is 39.2 Å². The SMILES string of the molecule is COc1ccc(C(O)C(=O)C(C)C)cc1C. The molecular weight excluding hydrogens is 204 g/mol. The number of ether oxygens (including phenoxy) is 1. The van der Waals surface area contributed by atoms with E-state index in [4.69, 9.17) is 4.74 Å². The minimum absolute atomic E-state index is 0.162. The van der Waals surface area contributed by atoms with Gasteiger partial charge in [-0.05, 0) is 30.2 Å². The van der Waals surface area contributed by atoms with Gasteiger partial charge in [-0.3, -0.25) is 4.79 Å². The number of hydrogen-bond donors (Lipinski definition) is 1. The fourth-order valence-electron chi connectivity index (χ4n) is 1.55. The number of rotatable bonds is 4. The minimum Gasteiger partial charge on any atom is -0.496 e. The number of carbonyl (C=O) groups is 1. The van der Waals surface area contributed by atoms with Gasteiger partial charge in [0.15, 0.2) is 5.78 Å². The lowest BCUT2D eigenvalue weighted by Crippen LogP contribution is -2.17. The summed E-state index contributed by atoms with van der Waals surface area (Å²) in [6, 6.07) is 5.27. The third kappa shape index (κ3) is 2.61. The van der Waals surface area contributed by atoms with Gasteiger partial charge in [0, 0.05) is 5.92 Å². The zero-order valence-electron chi connectivity index (χ0n) is 10.2. The van der Waals surface area contributed by atoms with Crippen LogP contribution in [0.1, 0.15) is 31.1 Å². The maximum atomic E-state index is 11.6. The molecule has 1 unspecified atom stereocenters. The Labute approximate surface area is 96.1 Å². The first-order valence-electron chi connectivity index (χ1n) is 5.33. The average molecular weight is 222 g/mol. The maximum Gasteiger partial charge on any atom is 0.168 e. The highest BCUT2D eigenvalue weighted by atomic mass is 16.5. The summed E-state index contributed by atoms with van der Waals surface area (Å²) in [5.41, 5.74) is 1.53. The molecule has 3 nitrogen and oxygen atoms in total. The lowest BCUT2D eigenvalue weighted by Gasteiger charge is -2.14. The van der Waals surface area contributed by atoms with Crippen LogP contribution in [0.3, 0.4) is 0 Å². The number of Topliss-reactive ketones (excluding diaryl/α,β-unsaturated/α-hetero) is 1. The highest BCUT2D eigenvalue weighted by Gasteiger charge is 2.20. The summed E-state index contributed by atoms with van der Waals surface area (Å²) in [7, 11) is 1.59. The normalized spacial score (nSPS) is 12.6. The first kappa shape index (κ1) is 12.7. The highest BCUT2D eigenvalue weighted by molar-refractivity contribution is 5.85. The van der Waals surface area contributed by atoms with Crippen molar-refractivity contribution in [2.45, 2.75) is 26.9 Å². The van der Waals surface area contributed by atoms with Crippen molar-refractivity contribution >= 4 is 5.78 Å². The van der Waals surface area contributed by atoms with Gasteiger partial charge in [0.25, 0.3) is 0 Å². The Bertz CT molecular complexity index is 383. The summed E-state index contributed by atoms with van der Waals surface area (Å²) >= 11 is 0. The minimum atomic E-state index is -1.04. The van der Waals surface area contributed by atoms with Crippen LogP contribution >= 0.6 is 0 Å². The summed E-state index contributed by atoms with van der Waals surface area (Å²) < 4.78 is 5.12. The van der Waals surface area contributed by atoms with Crippen molar-refractivity contribution in [1.82, 2.24) is 0 Å². The molecule has 1 aromatic carbocycles. The van der Waals surface area contributed by atoms with Crippen molar-refractivity contribution in [1.29, 1.82) is 0 Å². The van der Waals surface area contributed by atoms with Crippen LogP contribution in [0.25, 0.3) is 0 Å². The molecule has 0 aliphatic heterocycles. The van der Waals surface area contributed by atoms with Gasteiger partial charge in [-0.25, -0.2) is 0 Å². The monoisotopic (exact) mass is 222 g/mol. The molecule has 88 valence electrons. The summed E-state index contributed by atoms with van der Waals surface area (Å²) in [5, 5.41) is 9.86. The molecule has 16 heavy (non-hydrogen) atoms. The Morgan fingerprint density at radius 3 is 2.44 bits per heavy atom. The van der Waals surface area contributed by atoms with E-state index in [1.807, 2.05) is 6.92 Å². The molecule has 1 atom stereocenters. The second kappa shape index (κ2) is 5.12. The zero-order chi connectivity index (χ0) is 12.3. The topological polar surface area (TPSA) is 46.5 Å². The largest absolute Gasteiger partial charge is 0.496 e. The molecule has 0 heterocycles. The fraction of sp³-hybridized carbons (Fsp3) is 0.462. The van der Waals surface area contributed by atoms with Gasteiger partial charge in [0.1, 0.15) is 11.9 Å². The van der Waals surface area contributed by atoms with Crippen molar-refractivity contribution < 1.29 is 14.6 Å². The summed E-state index contributed by atoms with van der Waals surface area (Å²) in [6.07, 6.45) is -1.04. The van der Waals surface area contributed by atoms with E-state index in [2.05, 4.69) is 0 Å². The van der Waals surface area contributed by atoms with Gasteiger partial charge in [-0.1, -0.05) is 19.9 Å². The van der Waals surface area contributed by atoms with E-state index >= 15 is 0 Å². The van der Waals surface area contributed by atoms with Crippen LogP contribution in [0.15, 0.2) is 18.2 Å². The fourth-order valence-corrected chi connectivity index (χ4v) is 1.55. The van der Waals surface area contributed by atoms with Crippen LogP contribution in [-0.4, -0.2) is 18.0 Å². The Morgan fingerprint density at radius 1 is 1.38 bits per heavy atom. The number of aliphatic hydroxyl groups is 1. The van der Waals surface area contributed by atoms with E-state index in [1.165, 1.54) is 0 Å². The van der Waals surface area contributed by atoms with Crippen LogP contribution < -0.4 is 4.74 Å². The van der Waals surface area contributed by atoms with E-state index in [0.29, 0.717) is 5.56 Å².